The van der Waals surface area contributed by atoms with Crippen LogP contribution in [0.5, 0.6) is 0 Å². The number of ketones is 1. The van der Waals surface area contributed by atoms with Crippen molar-refractivity contribution in [1.82, 2.24) is 5.32 Å². The van der Waals surface area contributed by atoms with Gasteiger partial charge in [0.25, 0.3) is 0 Å². The van der Waals surface area contributed by atoms with E-state index in [1.54, 1.807) is 24.3 Å². The molecule has 4 heteroatoms. The number of hydrogen-bond donors (Lipinski definition) is 2. The van der Waals surface area contributed by atoms with E-state index in [1.165, 1.54) is 0 Å². The standard InChI is InChI=1S/C11H12N2O2/c14-10-5-6-12-7-11(15)13-9-4-2-1-3-8(9)10/h1-4,12H,5-7H2,(H,13,15). The van der Waals surface area contributed by atoms with E-state index in [1.807, 2.05) is 0 Å². The first-order valence-electron chi connectivity index (χ1n) is 4.90. The SMILES string of the molecule is O=C1CNCCC(=O)c2ccccc2N1. The van der Waals surface area contributed by atoms with E-state index < -0.39 is 0 Å². The minimum atomic E-state index is -0.114. The summed E-state index contributed by atoms with van der Waals surface area (Å²) < 4.78 is 0. The van der Waals surface area contributed by atoms with Gasteiger partial charge in [-0.3, -0.25) is 9.59 Å². The molecule has 1 amide bonds. The molecule has 0 saturated carbocycles. The third-order valence-electron chi connectivity index (χ3n) is 2.32. The zero-order chi connectivity index (χ0) is 10.7. The van der Waals surface area contributed by atoms with Gasteiger partial charge in [-0.1, -0.05) is 12.1 Å². The molecule has 0 saturated heterocycles. The molecule has 0 unspecified atom stereocenters. The van der Waals surface area contributed by atoms with Crippen molar-refractivity contribution in [2.24, 2.45) is 0 Å². The van der Waals surface area contributed by atoms with Gasteiger partial charge >= 0.3 is 0 Å². The Hall–Kier alpha value is -1.68. The molecule has 1 aromatic rings. The lowest BCUT2D eigenvalue weighted by atomic mass is 10.1. The second kappa shape index (κ2) is 4.23. The number of Topliss-reactive ketones (excluding diaryl/α,β-unsaturated/α-hetero) is 1. The van der Waals surface area contributed by atoms with Crippen LogP contribution < -0.4 is 10.6 Å². The summed E-state index contributed by atoms with van der Waals surface area (Å²) in [5.41, 5.74) is 1.20. The molecular weight excluding hydrogens is 192 g/mol. The molecule has 0 aromatic heterocycles. The van der Waals surface area contributed by atoms with Crippen LogP contribution in [0.2, 0.25) is 0 Å². The molecule has 0 fully saturated rings. The zero-order valence-electron chi connectivity index (χ0n) is 8.25. The molecule has 0 aliphatic carbocycles. The van der Waals surface area contributed by atoms with Crippen molar-refractivity contribution in [3.05, 3.63) is 29.8 Å². The van der Waals surface area contributed by atoms with Crippen LogP contribution in [0.25, 0.3) is 0 Å². The summed E-state index contributed by atoms with van der Waals surface area (Å²) in [6, 6.07) is 7.09. The lowest BCUT2D eigenvalue weighted by Crippen LogP contribution is -2.28. The highest BCUT2D eigenvalue weighted by molar-refractivity contribution is 6.05. The fourth-order valence-electron chi connectivity index (χ4n) is 1.57. The first-order valence-corrected chi connectivity index (χ1v) is 4.90. The van der Waals surface area contributed by atoms with Crippen molar-refractivity contribution in [3.8, 4) is 0 Å². The van der Waals surface area contributed by atoms with E-state index in [2.05, 4.69) is 10.6 Å². The minimum absolute atomic E-state index is 0.0558. The number of hydrogen-bond acceptors (Lipinski definition) is 3. The van der Waals surface area contributed by atoms with Gasteiger partial charge in [0.15, 0.2) is 5.78 Å². The second-order valence-corrected chi connectivity index (χ2v) is 3.44. The van der Waals surface area contributed by atoms with Crippen molar-refractivity contribution in [1.29, 1.82) is 0 Å². The van der Waals surface area contributed by atoms with Gasteiger partial charge in [0.2, 0.25) is 5.91 Å². The van der Waals surface area contributed by atoms with Gasteiger partial charge < -0.3 is 10.6 Å². The molecule has 2 N–H and O–H groups in total. The first-order chi connectivity index (χ1) is 7.27. The van der Waals surface area contributed by atoms with Crippen molar-refractivity contribution in [3.63, 3.8) is 0 Å². The van der Waals surface area contributed by atoms with E-state index in [0.29, 0.717) is 24.2 Å². The summed E-state index contributed by atoms with van der Waals surface area (Å²) in [5, 5.41) is 5.62. The predicted octanol–water partition coefficient (Wildman–Crippen LogP) is 0.801. The van der Waals surface area contributed by atoms with Crippen LogP contribution in [-0.2, 0) is 4.79 Å². The van der Waals surface area contributed by atoms with Crippen molar-refractivity contribution < 1.29 is 9.59 Å². The molecule has 78 valence electrons. The maximum Gasteiger partial charge on any atom is 0.238 e. The molecule has 0 radical (unpaired) electrons. The Morgan fingerprint density at radius 3 is 2.80 bits per heavy atom. The number of amides is 1. The molecule has 0 spiro atoms. The zero-order valence-corrected chi connectivity index (χ0v) is 8.25. The van der Waals surface area contributed by atoms with Crippen LogP contribution in [-0.4, -0.2) is 24.8 Å². The van der Waals surface area contributed by atoms with Gasteiger partial charge in [0.1, 0.15) is 0 Å². The van der Waals surface area contributed by atoms with Gasteiger partial charge in [-0.15, -0.1) is 0 Å². The van der Waals surface area contributed by atoms with Crippen LogP contribution in [0.4, 0.5) is 5.69 Å². The summed E-state index contributed by atoms with van der Waals surface area (Å²) in [7, 11) is 0. The highest BCUT2D eigenvalue weighted by atomic mass is 16.2. The highest BCUT2D eigenvalue weighted by Gasteiger charge is 2.14. The molecule has 1 heterocycles. The highest BCUT2D eigenvalue weighted by Crippen LogP contribution is 2.17. The van der Waals surface area contributed by atoms with E-state index in [0.717, 1.165) is 0 Å². The smallest absolute Gasteiger partial charge is 0.238 e. The molecule has 0 bridgehead atoms. The molecular formula is C11H12N2O2. The Bertz CT molecular complexity index is 401. The van der Waals surface area contributed by atoms with Crippen LogP contribution >= 0.6 is 0 Å². The summed E-state index contributed by atoms with van der Waals surface area (Å²) >= 11 is 0. The number of rotatable bonds is 0. The topological polar surface area (TPSA) is 58.2 Å². The number of fused-ring (bicyclic) bond motifs is 1. The average Bonchev–Trinajstić information content (AvgIpc) is 2.30. The van der Waals surface area contributed by atoms with Crippen LogP contribution in [0.1, 0.15) is 16.8 Å². The van der Waals surface area contributed by atoms with Crippen LogP contribution in [0.3, 0.4) is 0 Å². The van der Waals surface area contributed by atoms with Gasteiger partial charge in [-0.2, -0.15) is 0 Å². The van der Waals surface area contributed by atoms with Gasteiger partial charge in [-0.05, 0) is 12.1 Å². The maximum absolute atomic E-state index is 11.7. The maximum atomic E-state index is 11.7. The Labute approximate surface area is 87.7 Å². The number of para-hydroxylation sites is 1. The molecule has 0 atom stereocenters. The fourth-order valence-corrected chi connectivity index (χ4v) is 1.57. The van der Waals surface area contributed by atoms with Gasteiger partial charge in [-0.25, -0.2) is 0 Å². The van der Waals surface area contributed by atoms with Crippen LogP contribution in [0.15, 0.2) is 24.3 Å². The molecule has 4 nitrogen and oxygen atoms in total. The Balaban J connectivity index is 2.37. The molecule has 2 rings (SSSR count). The quantitative estimate of drug-likeness (QED) is 0.657. The Morgan fingerprint density at radius 2 is 1.93 bits per heavy atom. The van der Waals surface area contributed by atoms with Gasteiger partial charge in [0.05, 0.1) is 12.2 Å². The normalized spacial score (nSPS) is 17.1. The second-order valence-electron chi connectivity index (χ2n) is 3.44. The number of nitrogens with one attached hydrogen (secondary N) is 2. The van der Waals surface area contributed by atoms with E-state index >= 15 is 0 Å². The summed E-state index contributed by atoms with van der Waals surface area (Å²) in [5.74, 6) is -0.0579. The molecule has 15 heavy (non-hydrogen) atoms. The van der Waals surface area contributed by atoms with Crippen molar-refractivity contribution in [2.45, 2.75) is 6.42 Å². The third-order valence-corrected chi connectivity index (χ3v) is 2.32. The Kier molecular flexibility index (Phi) is 2.78. The van der Waals surface area contributed by atoms with E-state index in [-0.39, 0.29) is 18.2 Å². The minimum Gasteiger partial charge on any atom is -0.324 e. The predicted molar refractivity (Wildman–Crippen MR) is 56.9 cm³/mol. The molecule has 1 aliphatic rings. The van der Waals surface area contributed by atoms with E-state index in [9.17, 15) is 9.59 Å². The third kappa shape index (κ3) is 2.22. The number of carbonyl (C=O) groups is 2. The lowest BCUT2D eigenvalue weighted by Gasteiger charge is -2.07. The Morgan fingerprint density at radius 1 is 1.13 bits per heavy atom. The lowest BCUT2D eigenvalue weighted by molar-refractivity contribution is -0.115. The molecule has 1 aromatic carbocycles. The van der Waals surface area contributed by atoms with Crippen molar-refractivity contribution >= 4 is 17.4 Å². The van der Waals surface area contributed by atoms with E-state index in [4.69, 9.17) is 0 Å². The van der Waals surface area contributed by atoms with Crippen LogP contribution in [0, 0.1) is 0 Å². The fraction of sp³-hybridized carbons (Fsp3) is 0.273. The monoisotopic (exact) mass is 204 g/mol. The molecule has 1 aliphatic heterocycles. The van der Waals surface area contributed by atoms with Gasteiger partial charge in [0, 0.05) is 18.5 Å². The van der Waals surface area contributed by atoms with Crippen molar-refractivity contribution in [2.75, 3.05) is 18.4 Å². The summed E-state index contributed by atoms with van der Waals surface area (Å²) in [6.07, 6.45) is 0.423. The number of carbonyl (C=O) groups excluding carboxylic acids is 2. The number of benzene rings is 1. The summed E-state index contributed by atoms with van der Waals surface area (Å²) in [6.45, 7) is 0.794. The first kappa shape index (κ1) is 9.86. The average molecular weight is 204 g/mol. The number of anilines is 1. The summed E-state index contributed by atoms with van der Waals surface area (Å²) in [4.78, 5) is 23.1. The largest absolute Gasteiger partial charge is 0.324 e.